The zero-order valence-corrected chi connectivity index (χ0v) is 25.6. The second-order valence-corrected chi connectivity index (χ2v) is 16.2. The molecule has 0 bridgehead atoms. The molecule has 0 aliphatic rings. The van der Waals surface area contributed by atoms with Gasteiger partial charge in [0.05, 0.1) is 14.1 Å². The van der Waals surface area contributed by atoms with E-state index in [9.17, 15) is 0 Å². The molecule has 0 amide bonds. The third kappa shape index (κ3) is 5.40. The van der Waals surface area contributed by atoms with Gasteiger partial charge in [-0.3, -0.25) is 0 Å². The van der Waals surface area contributed by atoms with Gasteiger partial charge in [-0.05, 0) is 12.2 Å². The maximum Gasteiger partial charge on any atom is 0.218 e. The second kappa shape index (κ2) is 12.8. The fraction of sp³-hybridized carbons (Fsp3) is 0. The Balaban J connectivity index is 1.73. The van der Waals surface area contributed by atoms with Crippen molar-refractivity contribution in [2.24, 2.45) is 9.49 Å². The van der Waals surface area contributed by atoms with Crippen LogP contribution in [-0.4, -0.2) is 5.11 Å². The lowest BCUT2D eigenvalue weighted by atomic mass is 10.4. The first-order valence-electron chi connectivity index (χ1n) is 13.9. The van der Waals surface area contributed by atoms with Gasteiger partial charge in [-0.15, -0.1) is 0 Å². The zero-order chi connectivity index (χ0) is 28.7. The van der Waals surface area contributed by atoms with Gasteiger partial charge >= 0.3 is 0 Å². The molecule has 0 saturated carbocycles. The van der Waals surface area contributed by atoms with Crippen LogP contribution in [0.25, 0.3) is 0 Å². The topological polar surface area (TPSA) is 24.7 Å². The molecular formula is C37H30N2P2S. The molecule has 0 fully saturated rings. The summed E-state index contributed by atoms with van der Waals surface area (Å²) in [5.74, 6) is 0. The lowest BCUT2D eigenvalue weighted by Gasteiger charge is -2.28. The minimum absolute atomic E-state index is 0.379. The molecule has 0 radical (unpaired) electrons. The van der Waals surface area contributed by atoms with Gasteiger partial charge < -0.3 is 0 Å². The fourth-order valence-corrected chi connectivity index (χ4v) is 12.9. The average molecular weight is 597 g/mol. The first-order chi connectivity index (χ1) is 20.7. The number of hydrogen-bond donors (Lipinski definition) is 0. The van der Waals surface area contributed by atoms with E-state index in [1.165, 1.54) is 0 Å². The maximum absolute atomic E-state index is 6.27. The van der Waals surface area contributed by atoms with Crippen molar-refractivity contribution in [3.05, 3.63) is 182 Å². The average Bonchev–Trinajstić information content (AvgIpc) is 3.08. The molecule has 6 aromatic carbocycles. The van der Waals surface area contributed by atoms with Crippen molar-refractivity contribution in [2.75, 3.05) is 0 Å². The van der Waals surface area contributed by atoms with E-state index in [-0.39, 0.29) is 0 Å². The summed E-state index contributed by atoms with van der Waals surface area (Å²) < 4.78 is 11.2. The van der Waals surface area contributed by atoms with Gasteiger partial charge in [-0.1, -0.05) is 182 Å². The highest BCUT2D eigenvalue weighted by Crippen LogP contribution is 2.50. The molecule has 0 aliphatic heterocycles. The van der Waals surface area contributed by atoms with Crippen molar-refractivity contribution < 1.29 is 0 Å². The first-order valence-corrected chi connectivity index (χ1v) is 17.7. The van der Waals surface area contributed by atoms with Crippen LogP contribution in [0.3, 0.4) is 0 Å². The van der Waals surface area contributed by atoms with Gasteiger partial charge in [-0.2, -0.15) is 0 Å². The summed E-state index contributed by atoms with van der Waals surface area (Å²) in [5, 5.41) is 7.23. The van der Waals surface area contributed by atoms with Crippen molar-refractivity contribution >= 4 is 63.3 Å². The molecule has 5 heteroatoms. The van der Waals surface area contributed by atoms with Gasteiger partial charge in [0, 0.05) is 31.8 Å². The summed E-state index contributed by atoms with van der Waals surface area (Å²) in [7, 11) is -5.12. The lowest BCUT2D eigenvalue weighted by Crippen LogP contribution is -2.27. The molecule has 0 spiro atoms. The molecule has 0 heterocycles. The van der Waals surface area contributed by atoms with Gasteiger partial charge in [0.15, 0.2) is 0 Å². The van der Waals surface area contributed by atoms with Crippen molar-refractivity contribution in [2.45, 2.75) is 0 Å². The maximum atomic E-state index is 6.27. The SMILES string of the molecule is S=C(N=P(c1ccccc1)(c1ccccc1)c1ccccc1)N=P(c1ccccc1)(c1ccccc1)c1ccccc1. The summed E-state index contributed by atoms with van der Waals surface area (Å²) in [6.45, 7) is 0. The Hall–Kier alpha value is -4.13. The Kier molecular flexibility index (Phi) is 8.54. The van der Waals surface area contributed by atoms with E-state index in [0.29, 0.717) is 5.11 Å². The minimum atomic E-state index is -2.56. The third-order valence-electron chi connectivity index (χ3n) is 7.25. The van der Waals surface area contributed by atoms with Gasteiger partial charge in [0.1, 0.15) is 0 Å². The first kappa shape index (κ1) is 28.0. The zero-order valence-electron chi connectivity index (χ0n) is 23.0. The Morgan fingerprint density at radius 1 is 0.310 bits per heavy atom. The smallest absolute Gasteiger partial charge is 0.218 e. The molecule has 0 aliphatic carbocycles. The molecule has 0 unspecified atom stereocenters. The van der Waals surface area contributed by atoms with Crippen LogP contribution < -0.4 is 31.8 Å². The van der Waals surface area contributed by atoms with Crippen LogP contribution in [0.1, 0.15) is 0 Å². The van der Waals surface area contributed by atoms with E-state index >= 15 is 0 Å². The molecule has 2 nitrogen and oxygen atoms in total. The number of benzene rings is 6. The molecule has 0 atom stereocenters. The lowest BCUT2D eigenvalue weighted by molar-refractivity contribution is 1.63. The molecule has 0 aromatic heterocycles. The van der Waals surface area contributed by atoms with E-state index in [2.05, 4.69) is 146 Å². The van der Waals surface area contributed by atoms with Crippen LogP contribution in [0.2, 0.25) is 0 Å². The number of nitrogens with zero attached hydrogens (tertiary/aromatic N) is 2. The highest BCUT2D eigenvalue weighted by Gasteiger charge is 2.31. The number of thiocarbonyl (C=S) groups is 1. The number of rotatable bonds is 6. The van der Waals surface area contributed by atoms with Crippen molar-refractivity contribution in [1.29, 1.82) is 0 Å². The molecule has 6 rings (SSSR count). The predicted octanol–water partition coefficient (Wildman–Crippen LogP) is 7.63. The fourth-order valence-electron chi connectivity index (χ4n) is 5.38. The molecule has 42 heavy (non-hydrogen) atoms. The van der Waals surface area contributed by atoms with Crippen LogP contribution in [0.4, 0.5) is 0 Å². The molecule has 6 aromatic rings. The Bertz CT molecular complexity index is 1530. The Labute approximate surface area is 253 Å². The van der Waals surface area contributed by atoms with Gasteiger partial charge in [0.2, 0.25) is 5.11 Å². The molecule has 0 saturated heterocycles. The van der Waals surface area contributed by atoms with Crippen LogP contribution in [0.15, 0.2) is 191 Å². The van der Waals surface area contributed by atoms with E-state index in [4.69, 9.17) is 21.7 Å². The normalized spacial score (nSPS) is 11.4. The predicted molar refractivity (Wildman–Crippen MR) is 188 cm³/mol. The molecule has 204 valence electrons. The van der Waals surface area contributed by atoms with Gasteiger partial charge in [0.25, 0.3) is 0 Å². The quantitative estimate of drug-likeness (QED) is 0.143. The van der Waals surface area contributed by atoms with Crippen LogP contribution in [-0.2, 0) is 0 Å². The van der Waals surface area contributed by atoms with Crippen molar-refractivity contribution in [1.82, 2.24) is 0 Å². The standard InChI is InChI=1S/C37H30N2P2S/c42-37(38-40(31-19-7-1-8-20-31,32-21-9-2-10-22-32)33-23-11-3-12-24-33)39-41(34-25-13-4-14-26-34,35-27-15-5-16-28-35)36-29-17-6-18-30-36/h1-30H. The second-order valence-electron chi connectivity index (χ2n) is 9.77. The van der Waals surface area contributed by atoms with Gasteiger partial charge in [-0.25, -0.2) is 9.49 Å². The Morgan fingerprint density at radius 2 is 0.476 bits per heavy atom. The molecular weight excluding hydrogens is 566 g/mol. The number of hydrogen-bond acceptors (Lipinski definition) is 1. The third-order valence-corrected chi connectivity index (χ3v) is 15.0. The van der Waals surface area contributed by atoms with E-state index in [1.54, 1.807) is 0 Å². The van der Waals surface area contributed by atoms with E-state index in [1.807, 2.05) is 36.4 Å². The summed E-state index contributed by atoms with van der Waals surface area (Å²) in [6.07, 6.45) is 0. The van der Waals surface area contributed by atoms with Crippen LogP contribution in [0, 0.1) is 0 Å². The summed E-state index contributed by atoms with van der Waals surface area (Å²) in [5.41, 5.74) is 0. The van der Waals surface area contributed by atoms with Crippen molar-refractivity contribution in [3.8, 4) is 0 Å². The van der Waals surface area contributed by atoms with Crippen LogP contribution >= 0.6 is 26.3 Å². The van der Waals surface area contributed by atoms with Crippen LogP contribution in [0.5, 0.6) is 0 Å². The highest BCUT2D eigenvalue weighted by atomic mass is 32.1. The monoisotopic (exact) mass is 596 g/mol. The van der Waals surface area contributed by atoms with Crippen molar-refractivity contribution in [3.63, 3.8) is 0 Å². The summed E-state index contributed by atoms with van der Waals surface area (Å²) >= 11 is 6.27. The largest absolute Gasteiger partial charge is 0.224 e. The minimum Gasteiger partial charge on any atom is -0.224 e. The summed E-state index contributed by atoms with van der Waals surface area (Å²) in [4.78, 5) is 0. The van der Waals surface area contributed by atoms with E-state index < -0.39 is 14.1 Å². The highest BCUT2D eigenvalue weighted by molar-refractivity contribution is 7.90. The summed E-state index contributed by atoms with van der Waals surface area (Å²) in [6, 6.07) is 63.4. The molecule has 0 N–H and O–H groups in total. The van der Waals surface area contributed by atoms with E-state index in [0.717, 1.165) is 31.8 Å². The Morgan fingerprint density at radius 3 is 0.643 bits per heavy atom.